The number of amides is 1. The van der Waals surface area contributed by atoms with Gasteiger partial charge in [-0.1, -0.05) is 11.2 Å². The summed E-state index contributed by atoms with van der Waals surface area (Å²) in [5, 5.41) is 9.47. The molecule has 10 nitrogen and oxygen atoms in total. The minimum absolute atomic E-state index is 0.0357. The Balaban J connectivity index is 1.78. The molecule has 0 atom stereocenters. The summed E-state index contributed by atoms with van der Waals surface area (Å²) in [5.41, 5.74) is 0.574. The highest BCUT2D eigenvalue weighted by atomic mass is 32.2. The van der Waals surface area contributed by atoms with Crippen molar-refractivity contribution in [3.8, 4) is 11.5 Å². The number of rotatable bonds is 7. The van der Waals surface area contributed by atoms with Gasteiger partial charge in [0.25, 0.3) is 5.91 Å². The van der Waals surface area contributed by atoms with Crippen LogP contribution in [0.25, 0.3) is 11.5 Å². The van der Waals surface area contributed by atoms with Crippen molar-refractivity contribution in [1.29, 1.82) is 0 Å². The quantitative estimate of drug-likeness (QED) is 0.546. The molecular formula is C20H22N4O6S2. The molecule has 0 aliphatic heterocycles. The summed E-state index contributed by atoms with van der Waals surface area (Å²) in [4.78, 5) is 12.6. The Morgan fingerprint density at radius 3 is 2.22 bits per heavy atom. The van der Waals surface area contributed by atoms with Crippen LogP contribution in [0.5, 0.6) is 0 Å². The van der Waals surface area contributed by atoms with Crippen LogP contribution in [0.2, 0.25) is 0 Å². The first-order valence-electron chi connectivity index (χ1n) is 9.44. The zero-order valence-electron chi connectivity index (χ0n) is 17.8. The van der Waals surface area contributed by atoms with Gasteiger partial charge in [0.1, 0.15) is 0 Å². The third-order valence-electron chi connectivity index (χ3n) is 4.57. The number of nitrogens with zero attached hydrogens (tertiary/aromatic N) is 3. The maximum absolute atomic E-state index is 12.4. The van der Waals surface area contributed by atoms with Gasteiger partial charge in [0.05, 0.1) is 15.0 Å². The molecule has 0 unspecified atom stereocenters. The number of hydrogen-bond acceptors (Lipinski definition) is 8. The van der Waals surface area contributed by atoms with E-state index < -0.39 is 31.0 Å². The van der Waals surface area contributed by atoms with Gasteiger partial charge < -0.3 is 4.42 Å². The molecule has 1 N–H and O–H groups in total. The van der Waals surface area contributed by atoms with Crippen LogP contribution < -0.4 is 5.32 Å². The molecule has 12 heteroatoms. The predicted octanol–water partition coefficient (Wildman–Crippen LogP) is 2.42. The highest BCUT2D eigenvalue weighted by Crippen LogP contribution is 2.25. The lowest BCUT2D eigenvalue weighted by Gasteiger charge is -2.11. The maximum atomic E-state index is 12.4. The Morgan fingerprint density at radius 1 is 0.969 bits per heavy atom. The number of hydrogen-bond donors (Lipinski definition) is 1. The van der Waals surface area contributed by atoms with Gasteiger partial charge in [-0.3, -0.25) is 10.1 Å². The fourth-order valence-electron chi connectivity index (χ4n) is 2.63. The van der Waals surface area contributed by atoms with E-state index in [2.05, 4.69) is 15.5 Å². The summed E-state index contributed by atoms with van der Waals surface area (Å²) < 4.78 is 55.5. The first kappa shape index (κ1) is 23.6. The fraction of sp³-hybridized carbons (Fsp3) is 0.250. The Bertz CT molecular complexity index is 1340. The average molecular weight is 479 g/mol. The SMILES string of the molecule is CC(C)S(=O)(=O)c1cccc(-c2nnc(NC(=O)c3ccc(S(=O)(=O)N(C)C)cc3)o2)c1. The Hall–Kier alpha value is -3.09. The van der Waals surface area contributed by atoms with Crippen molar-refractivity contribution in [2.75, 3.05) is 19.4 Å². The number of carbonyl (C=O) groups excluding carboxylic acids is 1. The van der Waals surface area contributed by atoms with Crippen molar-refractivity contribution in [3.05, 3.63) is 54.1 Å². The van der Waals surface area contributed by atoms with E-state index in [1.165, 1.54) is 50.5 Å². The van der Waals surface area contributed by atoms with E-state index in [1.807, 2.05) is 0 Å². The van der Waals surface area contributed by atoms with Crippen molar-refractivity contribution in [2.45, 2.75) is 28.9 Å². The molecule has 2 aromatic carbocycles. The van der Waals surface area contributed by atoms with Gasteiger partial charge in [0.15, 0.2) is 9.84 Å². The number of sulfonamides is 1. The lowest BCUT2D eigenvalue weighted by atomic mass is 10.2. The number of anilines is 1. The lowest BCUT2D eigenvalue weighted by Crippen LogP contribution is -2.22. The molecule has 0 saturated heterocycles. The summed E-state index contributed by atoms with van der Waals surface area (Å²) in [6, 6.07) is 11.3. The highest BCUT2D eigenvalue weighted by Gasteiger charge is 2.21. The summed E-state index contributed by atoms with van der Waals surface area (Å²) >= 11 is 0. The summed E-state index contributed by atoms with van der Waals surface area (Å²) in [6.45, 7) is 3.18. The number of benzene rings is 2. The van der Waals surface area contributed by atoms with Crippen LogP contribution in [0.4, 0.5) is 6.01 Å². The summed E-state index contributed by atoms with van der Waals surface area (Å²) in [5.74, 6) is -0.543. The van der Waals surface area contributed by atoms with E-state index in [1.54, 1.807) is 26.0 Å². The number of aromatic nitrogens is 2. The molecule has 170 valence electrons. The second kappa shape index (κ2) is 8.81. The second-order valence-electron chi connectivity index (χ2n) is 7.30. The monoisotopic (exact) mass is 478 g/mol. The average Bonchev–Trinajstić information content (AvgIpc) is 3.22. The fourth-order valence-corrected chi connectivity index (χ4v) is 4.63. The zero-order chi connectivity index (χ0) is 23.7. The molecule has 0 radical (unpaired) electrons. The molecule has 0 bridgehead atoms. The molecule has 1 amide bonds. The van der Waals surface area contributed by atoms with Gasteiger partial charge >= 0.3 is 6.01 Å². The first-order chi connectivity index (χ1) is 14.9. The Kier molecular flexibility index (Phi) is 6.49. The van der Waals surface area contributed by atoms with Crippen molar-refractivity contribution < 1.29 is 26.0 Å². The van der Waals surface area contributed by atoms with Crippen LogP contribution in [0.15, 0.2) is 62.7 Å². The van der Waals surface area contributed by atoms with Gasteiger partial charge in [-0.15, -0.1) is 5.10 Å². The third kappa shape index (κ3) is 4.71. The minimum atomic E-state index is -3.61. The standard InChI is InChI=1S/C20H22N4O6S2/c1-13(2)31(26,27)17-7-5-6-15(12-17)19-22-23-20(30-19)21-18(25)14-8-10-16(11-9-14)32(28,29)24(3)4/h5-13H,1-4H3,(H,21,23,25). The number of carbonyl (C=O) groups is 1. The normalized spacial score (nSPS) is 12.3. The molecule has 0 aliphatic carbocycles. The van der Waals surface area contributed by atoms with Gasteiger partial charge in [-0.05, 0) is 56.3 Å². The van der Waals surface area contributed by atoms with E-state index in [0.29, 0.717) is 5.56 Å². The van der Waals surface area contributed by atoms with E-state index in [0.717, 1.165) is 4.31 Å². The van der Waals surface area contributed by atoms with Gasteiger partial charge in [0.2, 0.25) is 15.9 Å². The number of sulfone groups is 1. The van der Waals surface area contributed by atoms with Crippen LogP contribution in [0.1, 0.15) is 24.2 Å². The van der Waals surface area contributed by atoms with Crippen LogP contribution >= 0.6 is 0 Å². The topological polar surface area (TPSA) is 140 Å². The maximum Gasteiger partial charge on any atom is 0.322 e. The molecule has 0 fully saturated rings. The van der Waals surface area contributed by atoms with Crippen molar-refractivity contribution in [2.24, 2.45) is 0 Å². The summed E-state index contributed by atoms with van der Waals surface area (Å²) in [7, 11) is -4.26. The van der Waals surface area contributed by atoms with Crippen LogP contribution in [0.3, 0.4) is 0 Å². The molecule has 3 rings (SSSR count). The molecule has 3 aromatic rings. The largest absolute Gasteiger partial charge is 0.403 e. The molecular weight excluding hydrogens is 456 g/mol. The van der Waals surface area contributed by atoms with E-state index in [-0.39, 0.29) is 27.3 Å². The Morgan fingerprint density at radius 2 is 1.62 bits per heavy atom. The predicted molar refractivity (Wildman–Crippen MR) is 117 cm³/mol. The van der Waals surface area contributed by atoms with Crippen LogP contribution in [-0.2, 0) is 19.9 Å². The van der Waals surface area contributed by atoms with Gasteiger partial charge in [-0.2, -0.15) is 0 Å². The molecule has 1 heterocycles. The van der Waals surface area contributed by atoms with E-state index >= 15 is 0 Å². The van der Waals surface area contributed by atoms with Crippen LogP contribution in [0, 0.1) is 0 Å². The van der Waals surface area contributed by atoms with E-state index in [9.17, 15) is 21.6 Å². The summed E-state index contributed by atoms with van der Waals surface area (Å²) in [6.07, 6.45) is 0. The first-order valence-corrected chi connectivity index (χ1v) is 12.4. The second-order valence-corrected chi connectivity index (χ2v) is 12.0. The molecule has 0 aliphatic rings. The van der Waals surface area contributed by atoms with Crippen LogP contribution in [-0.4, -0.2) is 56.6 Å². The number of nitrogens with one attached hydrogen (secondary N) is 1. The third-order valence-corrected chi connectivity index (χ3v) is 8.55. The smallest absolute Gasteiger partial charge is 0.322 e. The van der Waals surface area contributed by atoms with Crippen molar-refractivity contribution in [1.82, 2.24) is 14.5 Å². The minimum Gasteiger partial charge on any atom is -0.403 e. The lowest BCUT2D eigenvalue weighted by molar-refractivity contribution is 0.102. The Labute approximate surface area is 186 Å². The molecule has 32 heavy (non-hydrogen) atoms. The van der Waals surface area contributed by atoms with E-state index in [4.69, 9.17) is 4.42 Å². The van der Waals surface area contributed by atoms with Gasteiger partial charge in [0, 0.05) is 25.2 Å². The molecule has 1 aromatic heterocycles. The van der Waals surface area contributed by atoms with Crippen molar-refractivity contribution in [3.63, 3.8) is 0 Å². The molecule has 0 saturated carbocycles. The zero-order valence-corrected chi connectivity index (χ0v) is 19.4. The highest BCUT2D eigenvalue weighted by molar-refractivity contribution is 7.92. The van der Waals surface area contributed by atoms with Gasteiger partial charge in [-0.25, -0.2) is 21.1 Å². The molecule has 0 spiro atoms. The van der Waals surface area contributed by atoms with Crippen molar-refractivity contribution >= 4 is 31.8 Å².